The van der Waals surface area contributed by atoms with E-state index in [9.17, 15) is 9.90 Å². The molecule has 1 fully saturated rings. The second kappa shape index (κ2) is 5.74. The minimum absolute atomic E-state index is 0.376. The highest BCUT2D eigenvalue weighted by atomic mass is 32.2. The Morgan fingerprint density at radius 1 is 1.50 bits per heavy atom. The van der Waals surface area contributed by atoms with E-state index in [1.54, 1.807) is 24.0 Å². The van der Waals surface area contributed by atoms with E-state index in [-0.39, 0.29) is 0 Å². The van der Waals surface area contributed by atoms with Crippen LogP contribution in [0, 0.1) is 12.8 Å². The van der Waals surface area contributed by atoms with Gasteiger partial charge in [0.1, 0.15) is 5.03 Å². The van der Waals surface area contributed by atoms with Crippen LogP contribution >= 0.6 is 11.8 Å². The summed E-state index contributed by atoms with van der Waals surface area (Å²) in [6.45, 7) is 4.10. The fourth-order valence-corrected chi connectivity index (χ4v) is 4.04. The van der Waals surface area contributed by atoms with Crippen molar-refractivity contribution in [3.63, 3.8) is 0 Å². The average molecular weight is 265 g/mol. The van der Waals surface area contributed by atoms with Crippen LogP contribution in [0.1, 0.15) is 48.5 Å². The molecule has 2 rings (SSSR count). The summed E-state index contributed by atoms with van der Waals surface area (Å²) in [7, 11) is 0. The monoisotopic (exact) mass is 265 g/mol. The first-order chi connectivity index (χ1) is 8.58. The lowest BCUT2D eigenvalue weighted by Crippen LogP contribution is -2.16. The molecule has 3 nitrogen and oxygen atoms in total. The molecule has 1 saturated carbocycles. The number of nitrogens with zero attached hydrogens (tertiary/aromatic N) is 1. The fourth-order valence-electron chi connectivity index (χ4n) is 2.53. The van der Waals surface area contributed by atoms with Crippen molar-refractivity contribution in [2.24, 2.45) is 5.92 Å². The van der Waals surface area contributed by atoms with E-state index in [4.69, 9.17) is 0 Å². The molecule has 0 spiro atoms. The van der Waals surface area contributed by atoms with Crippen LogP contribution in [-0.2, 0) is 0 Å². The normalized spacial score (nSPS) is 23.9. The van der Waals surface area contributed by atoms with Crippen LogP contribution in [0.2, 0.25) is 0 Å². The molecule has 4 heteroatoms. The van der Waals surface area contributed by atoms with Gasteiger partial charge in [0.05, 0.1) is 5.56 Å². The smallest absolute Gasteiger partial charge is 0.338 e. The second-order valence-corrected chi connectivity index (χ2v) is 6.41. The van der Waals surface area contributed by atoms with Crippen molar-refractivity contribution in [1.29, 1.82) is 0 Å². The zero-order chi connectivity index (χ0) is 13.1. The summed E-state index contributed by atoms with van der Waals surface area (Å²) in [5, 5.41) is 10.5. The highest BCUT2D eigenvalue weighted by Gasteiger charge is 2.23. The molecular formula is C14H19NO2S. The highest BCUT2D eigenvalue weighted by molar-refractivity contribution is 7.99. The summed E-state index contributed by atoms with van der Waals surface area (Å²) in [6.07, 6.45) is 6.58. The average Bonchev–Trinajstić information content (AvgIpc) is 2.28. The maximum absolute atomic E-state index is 11.3. The number of pyridine rings is 1. The van der Waals surface area contributed by atoms with Crippen LogP contribution in [0.5, 0.6) is 0 Å². The molecule has 2 unspecified atom stereocenters. The number of thioether (sulfide) groups is 1. The molecule has 98 valence electrons. The highest BCUT2D eigenvalue weighted by Crippen LogP contribution is 2.36. The van der Waals surface area contributed by atoms with Crippen molar-refractivity contribution >= 4 is 17.7 Å². The molecule has 18 heavy (non-hydrogen) atoms. The van der Waals surface area contributed by atoms with Gasteiger partial charge in [0.25, 0.3) is 0 Å². The maximum atomic E-state index is 11.3. The van der Waals surface area contributed by atoms with E-state index >= 15 is 0 Å². The van der Waals surface area contributed by atoms with Crippen molar-refractivity contribution in [3.8, 4) is 0 Å². The Balaban J connectivity index is 2.18. The number of carbonyl (C=O) groups is 1. The molecule has 1 N–H and O–H groups in total. The summed E-state index contributed by atoms with van der Waals surface area (Å²) >= 11 is 1.65. The first-order valence-corrected chi connectivity index (χ1v) is 7.31. The molecule has 0 bridgehead atoms. The Labute approximate surface area is 112 Å². The second-order valence-electron chi connectivity index (χ2n) is 5.12. The summed E-state index contributed by atoms with van der Waals surface area (Å²) in [5.74, 6) is -0.124. The first kappa shape index (κ1) is 13.4. The molecule has 0 radical (unpaired) electrons. The topological polar surface area (TPSA) is 50.2 Å². The number of carboxylic acids is 1. The van der Waals surface area contributed by atoms with Gasteiger partial charge in [-0.25, -0.2) is 9.78 Å². The molecule has 1 aliphatic rings. The van der Waals surface area contributed by atoms with Gasteiger partial charge in [-0.3, -0.25) is 0 Å². The van der Waals surface area contributed by atoms with Crippen LogP contribution in [0.15, 0.2) is 17.3 Å². The van der Waals surface area contributed by atoms with Crippen molar-refractivity contribution in [1.82, 2.24) is 4.98 Å². The van der Waals surface area contributed by atoms with E-state index in [0.29, 0.717) is 15.8 Å². The fraction of sp³-hybridized carbons (Fsp3) is 0.571. The Hall–Kier alpha value is -1.03. The molecule has 1 aromatic heterocycles. The Kier molecular flexibility index (Phi) is 4.27. The minimum atomic E-state index is -0.869. The van der Waals surface area contributed by atoms with Gasteiger partial charge in [-0.15, -0.1) is 11.8 Å². The van der Waals surface area contributed by atoms with Gasteiger partial charge in [-0.2, -0.15) is 0 Å². The van der Waals surface area contributed by atoms with Crippen LogP contribution in [0.4, 0.5) is 0 Å². The van der Waals surface area contributed by atoms with Crippen molar-refractivity contribution in [3.05, 3.63) is 23.4 Å². The number of aryl methyl sites for hydroxylation is 1. The number of hydrogen-bond donors (Lipinski definition) is 1. The van der Waals surface area contributed by atoms with Gasteiger partial charge < -0.3 is 5.11 Å². The van der Waals surface area contributed by atoms with Crippen LogP contribution in [-0.4, -0.2) is 21.3 Å². The number of carboxylic acid groups (broad SMARTS) is 1. The third kappa shape index (κ3) is 3.05. The standard InChI is InChI=1S/C14H19NO2S/c1-9-4-3-5-11(8-9)18-13-12(14(16)17)10(2)6-7-15-13/h6-7,9,11H,3-5,8H2,1-2H3,(H,16,17). The van der Waals surface area contributed by atoms with E-state index in [2.05, 4.69) is 11.9 Å². The molecule has 1 aliphatic carbocycles. The Morgan fingerprint density at radius 2 is 2.28 bits per heavy atom. The van der Waals surface area contributed by atoms with Crippen molar-refractivity contribution in [2.75, 3.05) is 0 Å². The van der Waals surface area contributed by atoms with Gasteiger partial charge in [-0.05, 0) is 37.3 Å². The zero-order valence-corrected chi connectivity index (χ0v) is 11.7. The minimum Gasteiger partial charge on any atom is -0.478 e. The van der Waals surface area contributed by atoms with Crippen molar-refractivity contribution < 1.29 is 9.90 Å². The predicted molar refractivity (Wildman–Crippen MR) is 73.2 cm³/mol. The number of aromatic carboxylic acids is 1. The summed E-state index contributed by atoms with van der Waals surface area (Å²) in [6, 6.07) is 1.76. The summed E-state index contributed by atoms with van der Waals surface area (Å²) in [4.78, 5) is 15.6. The molecule has 1 aromatic rings. The summed E-state index contributed by atoms with van der Waals surface area (Å²) < 4.78 is 0. The van der Waals surface area contributed by atoms with Gasteiger partial charge in [0, 0.05) is 11.4 Å². The molecule has 0 saturated heterocycles. The maximum Gasteiger partial charge on any atom is 0.338 e. The zero-order valence-electron chi connectivity index (χ0n) is 10.8. The molecule has 1 heterocycles. The molecule has 2 atom stereocenters. The van der Waals surface area contributed by atoms with Gasteiger partial charge >= 0.3 is 5.97 Å². The van der Waals surface area contributed by atoms with E-state index in [1.165, 1.54) is 25.7 Å². The lowest BCUT2D eigenvalue weighted by Gasteiger charge is -2.26. The van der Waals surface area contributed by atoms with E-state index in [0.717, 1.165) is 11.5 Å². The Morgan fingerprint density at radius 3 is 2.94 bits per heavy atom. The van der Waals surface area contributed by atoms with Gasteiger partial charge in [0.15, 0.2) is 0 Å². The molecule has 0 aromatic carbocycles. The number of hydrogen-bond acceptors (Lipinski definition) is 3. The third-order valence-electron chi connectivity index (χ3n) is 3.50. The van der Waals surface area contributed by atoms with Crippen LogP contribution in [0.3, 0.4) is 0 Å². The Bertz CT molecular complexity index is 447. The first-order valence-electron chi connectivity index (χ1n) is 6.43. The SMILES string of the molecule is Cc1ccnc(SC2CCCC(C)C2)c1C(=O)O. The summed E-state index contributed by atoms with van der Waals surface area (Å²) in [5.41, 5.74) is 1.17. The van der Waals surface area contributed by atoms with Gasteiger partial charge in [0.2, 0.25) is 0 Å². The van der Waals surface area contributed by atoms with Crippen molar-refractivity contribution in [2.45, 2.75) is 49.8 Å². The third-order valence-corrected chi connectivity index (χ3v) is 4.80. The lowest BCUT2D eigenvalue weighted by molar-refractivity contribution is 0.0691. The van der Waals surface area contributed by atoms with Gasteiger partial charge in [-0.1, -0.05) is 19.8 Å². The van der Waals surface area contributed by atoms with Crippen LogP contribution in [0.25, 0.3) is 0 Å². The van der Waals surface area contributed by atoms with E-state index < -0.39 is 5.97 Å². The van der Waals surface area contributed by atoms with Crippen LogP contribution < -0.4 is 0 Å². The number of aromatic nitrogens is 1. The predicted octanol–water partition coefficient (Wildman–Crippen LogP) is 3.76. The molecular weight excluding hydrogens is 246 g/mol. The quantitative estimate of drug-likeness (QED) is 0.904. The molecule has 0 amide bonds. The number of rotatable bonds is 3. The lowest BCUT2D eigenvalue weighted by atomic mass is 9.91. The largest absolute Gasteiger partial charge is 0.478 e. The molecule has 0 aliphatic heterocycles. The van der Waals surface area contributed by atoms with E-state index in [1.807, 2.05) is 6.92 Å².